The quantitative estimate of drug-likeness (QED) is 0.565. The Kier molecular flexibility index (Phi) is 4.95. The Hall–Kier alpha value is -1.25. The summed E-state index contributed by atoms with van der Waals surface area (Å²) in [5, 5.41) is 8.49. The predicted octanol–water partition coefficient (Wildman–Crippen LogP) is 1.86. The minimum Gasteiger partial charge on any atom is -0.481 e. The standard InChI is InChI=1S/C12H16BO2/c1-13-11-7-4-6-10(9-11)5-2-3-8-12(14)15/h4,6-7,9H,2-3,5,8H2,1H3,(H,14,15). The second-order valence-electron chi connectivity index (χ2n) is 3.63. The average molecular weight is 203 g/mol. The molecule has 0 aliphatic rings. The SMILES string of the molecule is C[B]c1cccc(CCCCC(=O)O)c1. The van der Waals surface area contributed by atoms with Crippen LogP contribution < -0.4 is 5.46 Å². The van der Waals surface area contributed by atoms with E-state index in [1.165, 1.54) is 11.0 Å². The number of aryl methyl sites for hydroxylation is 1. The predicted molar refractivity (Wildman–Crippen MR) is 62.9 cm³/mol. The number of carbonyl (C=O) groups is 1. The zero-order chi connectivity index (χ0) is 11.1. The summed E-state index contributed by atoms with van der Waals surface area (Å²) >= 11 is 0. The third-order valence-electron chi connectivity index (χ3n) is 2.39. The van der Waals surface area contributed by atoms with Crippen molar-refractivity contribution in [2.24, 2.45) is 0 Å². The molecule has 0 amide bonds. The average Bonchev–Trinajstić information content (AvgIpc) is 2.24. The Bertz CT molecular complexity index is 323. The first kappa shape index (κ1) is 11.8. The van der Waals surface area contributed by atoms with E-state index in [1.54, 1.807) is 0 Å². The lowest BCUT2D eigenvalue weighted by Gasteiger charge is -2.02. The summed E-state index contributed by atoms with van der Waals surface area (Å²) in [6, 6.07) is 8.36. The van der Waals surface area contributed by atoms with Crippen LogP contribution in [0.15, 0.2) is 24.3 Å². The number of unbranched alkanes of at least 4 members (excludes halogenated alkanes) is 1. The van der Waals surface area contributed by atoms with Gasteiger partial charge in [-0.2, -0.15) is 0 Å². The smallest absolute Gasteiger partial charge is 0.303 e. The number of benzene rings is 1. The molecular weight excluding hydrogens is 187 g/mol. The van der Waals surface area contributed by atoms with Crippen molar-refractivity contribution in [1.82, 2.24) is 0 Å². The molecule has 79 valence electrons. The third-order valence-corrected chi connectivity index (χ3v) is 2.39. The largest absolute Gasteiger partial charge is 0.481 e. The van der Waals surface area contributed by atoms with Crippen LogP contribution in [0.5, 0.6) is 0 Å². The molecule has 1 aromatic carbocycles. The van der Waals surface area contributed by atoms with E-state index in [2.05, 4.69) is 25.5 Å². The van der Waals surface area contributed by atoms with E-state index in [-0.39, 0.29) is 6.42 Å². The summed E-state index contributed by atoms with van der Waals surface area (Å²) < 4.78 is 0. The molecule has 0 atom stereocenters. The zero-order valence-corrected chi connectivity index (χ0v) is 9.07. The fraction of sp³-hybridized carbons (Fsp3) is 0.417. The van der Waals surface area contributed by atoms with Gasteiger partial charge in [0, 0.05) is 6.42 Å². The molecule has 0 saturated heterocycles. The van der Waals surface area contributed by atoms with Gasteiger partial charge in [-0.25, -0.2) is 0 Å². The molecular formula is C12H16BO2. The maximum absolute atomic E-state index is 10.3. The Morgan fingerprint density at radius 2 is 2.20 bits per heavy atom. The van der Waals surface area contributed by atoms with E-state index in [9.17, 15) is 4.79 Å². The number of aliphatic carboxylic acids is 1. The lowest BCUT2D eigenvalue weighted by Crippen LogP contribution is -2.10. The van der Waals surface area contributed by atoms with Gasteiger partial charge in [-0.15, -0.1) is 0 Å². The van der Waals surface area contributed by atoms with E-state index in [0.717, 1.165) is 19.3 Å². The minimum absolute atomic E-state index is 0.277. The molecule has 0 saturated carbocycles. The Morgan fingerprint density at radius 3 is 2.87 bits per heavy atom. The monoisotopic (exact) mass is 203 g/mol. The number of hydrogen-bond donors (Lipinski definition) is 1. The van der Waals surface area contributed by atoms with Crippen molar-refractivity contribution < 1.29 is 9.90 Å². The van der Waals surface area contributed by atoms with Crippen LogP contribution in [0.2, 0.25) is 6.82 Å². The Morgan fingerprint density at radius 1 is 1.40 bits per heavy atom. The molecule has 0 heterocycles. The number of rotatable bonds is 6. The van der Waals surface area contributed by atoms with E-state index in [1.807, 2.05) is 12.9 Å². The second-order valence-corrected chi connectivity index (χ2v) is 3.63. The van der Waals surface area contributed by atoms with Crippen LogP contribution in [0.4, 0.5) is 0 Å². The molecule has 2 nitrogen and oxygen atoms in total. The van der Waals surface area contributed by atoms with Crippen molar-refractivity contribution in [2.45, 2.75) is 32.5 Å². The van der Waals surface area contributed by atoms with Gasteiger partial charge < -0.3 is 5.11 Å². The van der Waals surface area contributed by atoms with Crippen LogP contribution in [0.1, 0.15) is 24.8 Å². The van der Waals surface area contributed by atoms with Crippen LogP contribution in [0, 0.1) is 0 Å². The van der Waals surface area contributed by atoms with E-state index < -0.39 is 5.97 Å². The lowest BCUT2D eigenvalue weighted by atomic mass is 9.73. The van der Waals surface area contributed by atoms with E-state index in [4.69, 9.17) is 5.11 Å². The molecule has 1 radical (unpaired) electrons. The van der Waals surface area contributed by atoms with Gasteiger partial charge in [0.2, 0.25) is 0 Å². The molecule has 3 heteroatoms. The molecule has 0 aliphatic heterocycles. The maximum atomic E-state index is 10.3. The molecule has 15 heavy (non-hydrogen) atoms. The molecule has 0 aliphatic carbocycles. The molecule has 0 aromatic heterocycles. The third kappa shape index (κ3) is 4.68. The number of carboxylic acids is 1. The normalized spacial score (nSPS) is 9.93. The van der Waals surface area contributed by atoms with Crippen LogP contribution >= 0.6 is 0 Å². The Labute approximate surface area is 91.6 Å². The van der Waals surface area contributed by atoms with E-state index in [0.29, 0.717) is 0 Å². The van der Waals surface area contributed by atoms with Gasteiger partial charge in [0.25, 0.3) is 0 Å². The minimum atomic E-state index is -0.703. The summed E-state index contributed by atoms with van der Waals surface area (Å²) in [5.74, 6) is -0.703. The number of carboxylic acid groups (broad SMARTS) is 1. The molecule has 1 aromatic rings. The summed E-state index contributed by atoms with van der Waals surface area (Å²) in [4.78, 5) is 10.3. The van der Waals surface area contributed by atoms with Crippen molar-refractivity contribution in [2.75, 3.05) is 0 Å². The topological polar surface area (TPSA) is 37.3 Å². The van der Waals surface area contributed by atoms with Crippen LogP contribution in [-0.4, -0.2) is 18.4 Å². The highest BCUT2D eigenvalue weighted by molar-refractivity contribution is 6.51. The van der Waals surface area contributed by atoms with Gasteiger partial charge in [0.15, 0.2) is 0 Å². The molecule has 0 spiro atoms. The van der Waals surface area contributed by atoms with E-state index >= 15 is 0 Å². The van der Waals surface area contributed by atoms with Crippen molar-refractivity contribution in [3.05, 3.63) is 29.8 Å². The maximum Gasteiger partial charge on any atom is 0.303 e. The van der Waals surface area contributed by atoms with Crippen LogP contribution in [0.3, 0.4) is 0 Å². The fourth-order valence-corrected chi connectivity index (χ4v) is 1.53. The van der Waals surface area contributed by atoms with Gasteiger partial charge >= 0.3 is 5.97 Å². The molecule has 1 N–H and O–H groups in total. The summed E-state index contributed by atoms with van der Waals surface area (Å²) in [5.41, 5.74) is 2.52. The van der Waals surface area contributed by atoms with Crippen molar-refractivity contribution in [3.63, 3.8) is 0 Å². The summed E-state index contributed by atoms with van der Waals surface area (Å²) in [7, 11) is 2.07. The highest BCUT2D eigenvalue weighted by Gasteiger charge is 1.98. The van der Waals surface area contributed by atoms with Crippen LogP contribution in [0.25, 0.3) is 0 Å². The van der Waals surface area contributed by atoms with Gasteiger partial charge in [-0.3, -0.25) is 4.79 Å². The number of hydrogen-bond acceptors (Lipinski definition) is 1. The van der Waals surface area contributed by atoms with Crippen molar-refractivity contribution in [3.8, 4) is 0 Å². The molecule has 0 unspecified atom stereocenters. The molecule has 1 rings (SSSR count). The highest BCUT2D eigenvalue weighted by atomic mass is 16.4. The fourth-order valence-electron chi connectivity index (χ4n) is 1.53. The highest BCUT2D eigenvalue weighted by Crippen LogP contribution is 2.05. The first-order valence-corrected chi connectivity index (χ1v) is 5.32. The molecule has 0 bridgehead atoms. The summed E-state index contributed by atoms with van der Waals surface area (Å²) in [6.07, 6.45) is 2.95. The lowest BCUT2D eigenvalue weighted by molar-refractivity contribution is -0.137. The zero-order valence-electron chi connectivity index (χ0n) is 9.07. The molecule has 0 fully saturated rings. The first-order valence-electron chi connectivity index (χ1n) is 5.32. The van der Waals surface area contributed by atoms with Gasteiger partial charge in [0.05, 0.1) is 0 Å². The van der Waals surface area contributed by atoms with Crippen molar-refractivity contribution in [1.29, 1.82) is 0 Å². The van der Waals surface area contributed by atoms with Gasteiger partial charge in [-0.1, -0.05) is 36.6 Å². The first-order chi connectivity index (χ1) is 7.22. The van der Waals surface area contributed by atoms with Gasteiger partial charge in [0.1, 0.15) is 7.28 Å². The second kappa shape index (κ2) is 6.28. The van der Waals surface area contributed by atoms with Crippen molar-refractivity contribution >= 4 is 18.7 Å². The summed E-state index contributed by atoms with van der Waals surface area (Å²) in [6.45, 7) is 2.02. The van der Waals surface area contributed by atoms with Gasteiger partial charge in [-0.05, 0) is 24.8 Å². The Balaban J connectivity index is 2.33. The van der Waals surface area contributed by atoms with Crippen LogP contribution in [-0.2, 0) is 11.2 Å².